The standard InChI is InChI=1S/C14H18BrN5O/c1-4-5-16-13-11(6-10(15)7-17-13)14(21)18-12-8-20(3)19-9(12)2/h6-8H,4-5H2,1-3H3,(H,16,17)(H,18,21). The first-order valence-electron chi connectivity index (χ1n) is 6.72. The molecule has 112 valence electrons. The quantitative estimate of drug-likeness (QED) is 0.868. The molecule has 21 heavy (non-hydrogen) atoms. The van der Waals surface area contributed by atoms with Crippen molar-refractivity contribution in [3.05, 3.63) is 34.2 Å². The molecule has 2 heterocycles. The highest BCUT2D eigenvalue weighted by Gasteiger charge is 2.15. The van der Waals surface area contributed by atoms with Crippen molar-refractivity contribution in [1.29, 1.82) is 0 Å². The van der Waals surface area contributed by atoms with E-state index in [2.05, 4.69) is 43.6 Å². The van der Waals surface area contributed by atoms with Gasteiger partial charge in [0.25, 0.3) is 5.91 Å². The van der Waals surface area contributed by atoms with Gasteiger partial charge in [0.15, 0.2) is 0 Å². The number of aromatic nitrogens is 3. The van der Waals surface area contributed by atoms with Crippen molar-refractivity contribution < 1.29 is 4.79 Å². The number of pyridine rings is 1. The van der Waals surface area contributed by atoms with Gasteiger partial charge in [-0.05, 0) is 35.3 Å². The molecule has 0 bridgehead atoms. The van der Waals surface area contributed by atoms with Crippen LogP contribution in [0.25, 0.3) is 0 Å². The smallest absolute Gasteiger partial charge is 0.259 e. The van der Waals surface area contributed by atoms with Crippen molar-refractivity contribution in [2.24, 2.45) is 7.05 Å². The Kier molecular flexibility index (Phi) is 4.95. The van der Waals surface area contributed by atoms with Crippen LogP contribution in [-0.4, -0.2) is 27.2 Å². The predicted molar refractivity (Wildman–Crippen MR) is 86.6 cm³/mol. The van der Waals surface area contributed by atoms with E-state index in [1.165, 1.54) is 0 Å². The Labute approximate surface area is 132 Å². The molecule has 0 saturated carbocycles. The first kappa shape index (κ1) is 15.5. The summed E-state index contributed by atoms with van der Waals surface area (Å²) in [5.74, 6) is 0.373. The minimum atomic E-state index is -0.210. The van der Waals surface area contributed by atoms with E-state index in [4.69, 9.17) is 0 Å². The Hall–Kier alpha value is -1.89. The molecule has 0 aromatic carbocycles. The van der Waals surface area contributed by atoms with Gasteiger partial charge in [0.1, 0.15) is 5.82 Å². The van der Waals surface area contributed by atoms with Gasteiger partial charge in [0, 0.05) is 30.5 Å². The van der Waals surface area contributed by atoms with Crippen molar-refractivity contribution >= 4 is 33.3 Å². The number of aryl methyl sites for hydroxylation is 2. The van der Waals surface area contributed by atoms with Crippen LogP contribution in [0.2, 0.25) is 0 Å². The van der Waals surface area contributed by atoms with Crippen molar-refractivity contribution in [2.45, 2.75) is 20.3 Å². The zero-order valence-corrected chi connectivity index (χ0v) is 13.9. The van der Waals surface area contributed by atoms with Crippen LogP contribution in [0.15, 0.2) is 22.9 Å². The first-order chi connectivity index (χ1) is 10.0. The Morgan fingerprint density at radius 3 is 2.86 bits per heavy atom. The molecule has 6 nitrogen and oxygen atoms in total. The lowest BCUT2D eigenvalue weighted by Crippen LogP contribution is -2.16. The van der Waals surface area contributed by atoms with Gasteiger partial charge in [-0.1, -0.05) is 6.92 Å². The predicted octanol–water partition coefficient (Wildman–Crippen LogP) is 2.96. The maximum absolute atomic E-state index is 12.5. The number of nitrogens with one attached hydrogen (secondary N) is 2. The second kappa shape index (κ2) is 6.71. The molecule has 0 spiro atoms. The number of anilines is 2. The molecule has 0 atom stereocenters. The number of halogens is 1. The van der Waals surface area contributed by atoms with Gasteiger partial charge in [-0.2, -0.15) is 5.10 Å². The van der Waals surface area contributed by atoms with E-state index in [1.807, 2.05) is 14.0 Å². The van der Waals surface area contributed by atoms with Crippen LogP contribution in [0.4, 0.5) is 11.5 Å². The summed E-state index contributed by atoms with van der Waals surface area (Å²) in [5, 5.41) is 10.2. The molecule has 2 aromatic rings. The maximum Gasteiger partial charge on any atom is 0.259 e. The fraction of sp³-hybridized carbons (Fsp3) is 0.357. The van der Waals surface area contributed by atoms with E-state index in [9.17, 15) is 4.79 Å². The van der Waals surface area contributed by atoms with Crippen LogP contribution in [0, 0.1) is 6.92 Å². The van der Waals surface area contributed by atoms with Gasteiger partial charge < -0.3 is 10.6 Å². The van der Waals surface area contributed by atoms with Crippen LogP contribution in [-0.2, 0) is 7.05 Å². The lowest BCUT2D eigenvalue weighted by molar-refractivity contribution is 0.102. The van der Waals surface area contributed by atoms with Gasteiger partial charge in [0.05, 0.1) is 16.9 Å². The van der Waals surface area contributed by atoms with E-state index >= 15 is 0 Å². The van der Waals surface area contributed by atoms with Gasteiger partial charge in [-0.3, -0.25) is 9.48 Å². The number of nitrogens with zero attached hydrogens (tertiary/aromatic N) is 3. The summed E-state index contributed by atoms with van der Waals surface area (Å²) in [7, 11) is 1.82. The molecular weight excluding hydrogens is 334 g/mol. The van der Waals surface area contributed by atoms with Crippen LogP contribution < -0.4 is 10.6 Å². The summed E-state index contributed by atoms with van der Waals surface area (Å²) in [6, 6.07) is 1.76. The number of amides is 1. The van der Waals surface area contributed by atoms with Gasteiger partial charge in [0.2, 0.25) is 0 Å². The lowest BCUT2D eigenvalue weighted by Gasteiger charge is -2.10. The molecule has 1 amide bonds. The minimum absolute atomic E-state index is 0.210. The average molecular weight is 352 g/mol. The molecule has 0 aliphatic rings. The molecule has 0 unspecified atom stereocenters. The molecule has 2 aromatic heterocycles. The van der Waals surface area contributed by atoms with Crippen molar-refractivity contribution in [1.82, 2.24) is 14.8 Å². The average Bonchev–Trinajstić information content (AvgIpc) is 2.75. The highest BCUT2D eigenvalue weighted by Crippen LogP contribution is 2.20. The zero-order valence-electron chi connectivity index (χ0n) is 12.3. The topological polar surface area (TPSA) is 71.8 Å². The van der Waals surface area contributed by atoms with Crippen molar-refractivity contribution in [2.75, 3.05) is 17.2 Å². The van der Waals surface area contributed by atoms with Crippen LogP contribution >= 0.6 is 15.9 Å². The molecular formula is C14H18BrN5O. The number of hydrogen-bond donors (Lipinski definition) is 2. The molecule has 0 saturated heterocycles. The molecule has 0 aliphatic heterocycles. The van der Waals surface area contributed by atoms with E-state index in [0.29, 0.717) is 17.1 Å². The second-order valence-electron chi connectivity index (χ2n) is 4.73. The van der Waals surface area contributed by atoms with Crippen LogP contribution in [0.3, 0.4) is 0 Å². The van der Waals surface area contributed by atoms with Gasteiger partial charge in [-0.25, -0.2) is 4.98 Å². The van der Waals surface area contributed by atoms with E-state index in [0.717, 1.165) is 23.1 Å². The Morgan fingerprint density at radius 2 is 2.24 bits per heavy atom. The maximum atomic E-state index is 12.5. The van der Waals surface area contributed by atoms with E-state index < -0.39 is 0 Å². The molecule has 2 rings (SSSR count). The summed E-state index contributed by atoms with van der Waals surface area (Å²) in [5.41, 5.74) is 1.97. The van der Waals surface area contributed by atoms with Gasteiger partial charge >= 0.3 is 0 Å². The zero-order chi connectivity index (χ0) is 15.4. The van der Waals surface area contributed by atoms with Crippen molar-refractivity contribution in [3.63, 3.8) is 0 Å². The second-order valence-corrected chi connectivity index (χ2v) is 5.65. The number of rotatable bonds is 5. The fourth-order valence-electron chi connectivity index (χ4n) is 1.91. The summed E-state index contributed by atoms with van der Waals surface area (Å²) >= 11 is 3.35. The summed E-state index contributed by atoms with van der Waals surface area (Å²) in [6.45, 7) is 4.68. The summed E-state index contributed by atoms with van der Waals surface area (Å²) in [4.78, 5) is 16.7. The number of carbonyl (C=O) groups is 1. The van der Waals surface area contributed by atoms with Crippen LogP contribution in [0.5, 0.6) is 0 Å². The third-order valence-corrected chi connectivity index (χ3v) is 3.34. The Morgan fingerprint density at radius 1 is 1.48 bits per heavy atom. The van der Waals surface area contributed by atoms with Crippen LogP contribution in [0.1, 0.15) is 29.4 Å². The Bertz CT molecular complexity index is 653. The molecule has 2 N–H and O–H groups in total. The first-order valence-corrected chi connectivity index (χ1v) is 7.51. The molecule has 0 radical (unpaired) electrons. The third-order valence-electron chi connectivity index (χ3n) is 2.90. The lowest BCUT2D eigenvalue weighted by atomic mass is 10.2. The third kappa shape index (κ3) is 3.81. The monoisotopic (exact) mass is 351 g/mol. The highest BCUT2D eigenvalue weighted by molar-refractivity contribution is 9.10. The number of carbonyl (C=O) groups excluding carboxylic acids is 1. The molecule has 7 heteroatoms. The Balaban J connectivity index is 2.25. The fourth-order valence-corrected chi connectivity index (χ4v) is 2.24. The SMILES string of the molecule is CCCNc1ncc(Br)cc1C(=O)Nc1cn(C)nc1C. The van der Waals surface area contributed by atoms with Gasteiger partial charge in [-0.15, -0.1) is 0 Å². The minimum Gasteiger partial charge on any atom is -0.369 e. The highest BCUT2D eigenvalue weighted by atomic mass is 79.9. The van der Waals surface area contributed by atoms with E-state index in [1.54, 1.807) is 23.1 Å². The molecule has 0 fully saturated rings. The number of hydrogen-bond acceptors (Lipinski definition) is 4. The molecule has 0 aliphatic carbocycles. The van der Waals surface area contributed by atoms with E-state index in [-0.39, 0.29) is 5.91 Å². The van der Waals surface area contributed by atoms with Crippen molar-refractivity contribution in [3.8, 4) is 0 Å². The summed E-state index contributed by atoms with van der Waals surface area (Å²) < 4.78 is 2.43. The summed E-state index contributed by atoms with van der Waals surface area (Å²) in [6.07, 6.45) is 4.41. The normalized spacial score (nSPS) is 10.5. The largest absolute Gasteiger partial charge is 0.369 e.